The summed E-state index contributed by atoms with van der Waals surface area (Å²) in [6.07, 6.45) is 1.64. The van der Waals surface area contributed by atoms with Gasteiger partial charge in [-0.2, -0.15) is 0 Å². The number of carbonyl (C=O) groups is 1. The number of nitrogens with zero attached hydrogens (tertiary/aromatic N) is 1. The Kier molecular flexibility index (Phi) is 2.76. The summed E-state index contributed by atoms with van der Waals surface area (Å²) in [5.74, 6) is 0.908. The van der Waals surface area contributed by atoms with Crippen LogP contribution in [0.25, 0.3) is 17.4 Å². The summed E-state index contributed by atoms with van der Waals surface area (Å²) in [7, 11) is 0. The minimum Gasteiger partial charge on any atom is -0.457 e. The molecule has 0 radical (unpaired) electrons. The molecule has 0 saturated heterocycles. The second kappa shape index (κ2) is 4.57. The van der Waals surface area contributed by atoms with Crippen molar-refractivity contribution < 1.29 is 14.0 Å². The van der Waals surface area contributed by atoms with E-state index >= 15 is 0 Å². The highest BCUT2D eigenvalue weighted by molar-refractivity contribution is 6.24. The Morgan fingerprint density at radius 2 is 1.89 bits per heavy atom. The van der Waals surface area contributed by atoms with Gasteiger partial charge in [-0.05, 0) is 25.1 Å². The molecule has 0 bridgehead atoms. The molecule has 0 N–H and O–H groups in total. The normalized spacial score (nSPS) is 16.6. The molecule has 0 aliphatic carbocycles. The molecule has 1 aliphatic heterocycles. The second-order valence-corrected chi connectivity index (χ2v) is 4.18. The lowest BCUT2D eigenvalue weighted by molar-refractivity contribution is -0.136. The molecule has 4 heteroatoms. The van der Waals surface area contributed by atoms with E-state index in [1.54, 1.807) is 13.0 Å². The summed E-state index contributed by atoms with van der Waals surface area (Å²) >= 11 is 0. The van der Waals surface area contributed by atoms with Crippen molar-refractivity contribution in [2.75, 3.05) is 0 Å². The molecular formula is C15H11NO3. The van der Waals surface area contributed by atoms with Gasteiger partial charge in [0.2, 0.25) is 0 Å². The summed E-state index contributed by atoms with van der Waals surface area (Å²) in [4.78, 5) is 16.0. The molecule has 0 spiro atoms. The number of hydrogen-bond donors (Lipinski definition) is 0. The molecule has 1 aromatic carbocycles. The number of furan rings is 1. The average Bonchev–Trinajstić information content (AvgIpc) is 3.02. The van der Waals surface area contributed by atoms with Crippen LogP contribution in [-0.2, 0) is 9.63 Å². The van der Waals surface area contributed by atoms with Gasteiger partial charge in [0.1, 0.15) is 11.5 Å². The minimum atomic E-state index is -0.449. The third-order valence-electron chi connectivity index (χ3n) is 2.85. The van der Waals surface area contributed by atoms with Crippen LogP contribution in [0.2, 0.25) is 0 Å². The van der Waals surface area contributed by atoms with Crippen molar-refractivity contribution in [3.8, 4) is 11.3 Å². The van der Waals surface area contributed by atoms with Gasteiger partial charge < -0.3 is 9.25 Å². The Morgan fingerprint density at radius 3 is 2.58 bits per heavy atom. The molecule has 94 valence electrons. The van der Waals surface area contributed by atoms with Gasteiger partial charge in [-0.25, -0.2) is 4.79 Å². The summed E-state index contributed by atoms with van der Waals surface area (Å²) in [6.45, 7) is 1.72. The number of rotatable bonds is 2. The molecule has 0 fully saturated rings. The quantitative estimate of drug-likeness (QED) is 0.609. The SMILES string of the molecule is CC1=NOC(=O)/C1=C/c1ccc(-c2ccccc2)o1. The highest BCUT2D eigenvalue weighted by Gasteiger charge is 2.22. The van der Waals surface area contributed by atoms with Crippen LogP contribution in [0.15, 0.2) is 57.6 Å². The van der Waals surface area contributed by atoms with Crippen LogP contribution >= 0.6 is 0 Å². The first kappa shape index (κ1) is 11.5. The number of benzene rings is 1. The summed E-state index contributed by atoms with van der Waals surface area (Å²) in [5.41, 5.74) is 1.98. The predicted molar refractivity (Wildman–Crippen MR) is 71.3 cm³/mol. The lowest BCUT2D eigenvalue weighted by atomic mass is 10.1. The molecule has 0 unspecified atom stereocenters. The largest absolute Gasteiger partial charge is 0.457 e. The van der Waals surface area contributed by atoms with Gasteiger partial charge in [-0.1, -0.05) is 35.5 Å². The molecule has 2 aromatic rings. The van der Waals surface area contributed by atoms with Gasteiger partial charge in [0, 0.05) is 5.56 Å². The Morgan fingerprint density at radius 1 is 1.11 bits per heavy atom. The lowest BCUT2D eigenvalue weighted by Crippen LogP contribution is -2.01. The van der Waals surface area contributed by atoms with E-state index in [0.29, 0.717) is 17.0 Å². The van der Waals surface area contributed by atoms with Crippen molar-refractivity contribution in [1.82, 2.24) is 0 Å². The first-order chi connectivity index (χ1) is 9.24. The van der Waals surface area contributed by atoms with E-state index in [-0.39, 0.29) is 0 Å². The van der Waals surface area contributed by atoms with Crippen LogP contribution in [0, 0.1) is 0 Å². The average molecular weight is 253 g/mol. The van der Waals surface area contributed by atoms with Crippen LogP contribution < -0.4 is 0 Å². The number of oxime groups is 1. The smallest absolute Gasteiger partial charge is 0.367 e. The molecule has 2 heterocycles. The Bertz CT molecular complexity index is 680. The fourth-order valence-electron chi connectivity index (χ4n) is 1.85. The monoisotopic (exact) mass is 253 g/mol. The van der Waals surface area contributed by atoms with Crippen LogP contribution in [-0.4, -0.2) is 11.7 Å². The van der Waals surface area contributed by atoms with Crippen molar-refractivity contribution in [2.45, 2.75) is 6.92 Å². The van der Waals surface area contributed by atoms with Gasteiger partial charge in [0.05, 0.1) is 11.3 Å². The molecule has 0 amide bonds. The molecule has 0 saturated carbocycles. The van der Waals surface area contributed by atoms with Gasteiger partial charge >= 0.3 is 5.97 Å². The summed E-state index contributed by atoms with van der Waals surface area (Å²) in [5, 5.41) is 3.62. The van der Waals surface area contributed by atoms with E-state index in [1.165, 1.54) is 0 Å². The van der Waals surface area contributed by atoms with E-state index in [0.717, 1.165) is 11.3 Å². The van der Waals surface area contributed by atoms with Crippen molar-refractivity contribution in [2.24, 2.45) is 5.16 Å². The van der Waals surface area contributed by atoms with Gasteiger partial charge in [0.25, 0.3) is 0 Å². The van der Waals surface area contributed by atoms with Crippen molar-refractivity contribution in [3.63, 3.8) is 0 Å². The molecule has 1 aromatic heterocycles. The first-order valence-corrected chi connectivity index (χ1v) is 5.87. The zero-order chi connectivity index (χ0) is 13.2. The number of hydrogen-bond acceptors (Lipinski definition) is 4. The second-order valence-electron chi connectivity index (χ2n) is 4.18. The minimum absolute atomic E-state index is 0.425. The van der Waals surface area contributed by atoms with Crippen LogP contribution in [0.4, 0.5) is 0 Å². The van der Waals surface area contributed by atoms with Crippen LogP contribution in [0.3, 0.4) is 0 Å². The van der Waals surface area contributed by atoms with E-state index < -0.39 is 5.97 Å². The van der Waals surface area contributed by atoms with Crippen molar-refractivity contribution in [1.29, 1.82) is 0 Å². The molecule has 1 aliphatic rings. The fourth-order valence-corrected chi connectivity index (χ4v) is 1.85. The molecule has 3 rings (SSSR count). The Hall–Kier alpha value is -2.62. The van der Waals surface area contributed by atoms with E-state index in [9.17, 15) is 4.79 Å². The maximum atomic E-state index is 11.4. The topological polar surface area (TPSA) is 51.8 Å². The standard InChI is InChI=1S/C15H11NO3/c1-10-13(15(17)19-16-10)9-12-7-8-14(18-12)11-5-3-2-4-6-11/h2-9H,1H3/b13-9+. The lowest BCUT2D eigenvalue weighted by Gasteiger charge is -1.95. The van der Waals surface area contributed by atoms with E-state index in [4.69, 9.17) is 4.42 Å². The highest BCUT2D eigenvalue weighted by atomic mass is 16.7. The Labute approximate surface area is 110 Å². The van der Waals surface area contributed by atoms with E-state index in [2.05, 4.69) is 9.99 Å². The molecule has 0 atom stereocenters. The zero-order valence-electron chi connectivity index (χ0n) is 10.3. The predicted octanol–water partition coefficient (Wildman–Crippen LogP) is 3.26. The summed E-state index contributed by atoms with van der Waals surface area (Å²) < 4.78 is 5.69. The van der Waals surface area contributed by atoms with E-state index in [1.807, 2.05) is 42.5 Å². The maximum absolute atomic E-state index is 11.4. The van der Waals surface area contributed by atoms with Crippen LogP contribution in [0.5, 0.6) is 0 Å². The molecule has 19 heavy (non-hydrogen) atoms. The third-order valence-corrected chi connectivity index (χ3v) is 2.85. The van der Waals surface area contributed by atoms with Gasteiger partial charge in [-0.3, -0.25) is 0 Å². The third kappa shape index (κ3) is 2.20. The maximum Gasteiger partial charge on any atom is 0.367 e. The molecular weight excluding hydrogens is 242 g/mol. The van der Waals surface area contributed by atoms with Gasteiger partial charge in [0.15, 0.2) is 0 Å². The summed E-state index contributed by atoms with van der Waals surface area (Å²) in [6, 6.07) is 13.5. The number of carbonyl (C=O) groups excluding carboxylic acids is 1. The van der Waals surface area contributed by atoms with Crippen molar-refractivity contribution in [3.05, 3.63) is 53.8 Å². The van der Waals surface area contributed by atoms with Crippen LogP contribution in [0.1, 0.15) is 12.7 Å². The van der Waals surface area contributed by atoms with Crippen molar-refractivity contribution >= 4 is 17.8 Å². The van der Waals surface area contributed by atoms with Gasteiger partial charge in [-0.15, -0.1) is 0 Å². The zero-order valence-corrected chi connectivity index (χ0v) is 10.3. The highest BCUT2D eigenvalue weighted by Crippen LogP contribution is 2.24. The fraction of sp³-hybridized carbons (Fsp3) is 0.0667. The molecule has 4 nitrogen and oxygen atoms in total. The Balaban J connectivity index is 1.93. The first-order valence-electron chi connectivity index (χ1n) is 5.87.